The number of nitrogens with one attached hydrogen (secondary N) is 1. The zero-order chi connectivity index (χ0) is 39.8. The van der Waals surface area contributed by atoms with Crippen molar-refractivity contribution in [3.05, 3.63) is 74.7 Å². The van der Waals surface area contributed by atoms with Crippen molar-refractivity contribution in [1.82, 2.24) is 34.0 Å². The number of hydrogen-bond donors (Lipinski definition) is 2. The van der Waals surface area contributed by atoms with Gasteiger partial charge in [-0.15, -0.1) is 5.10 Å². The van der Waals surface area contributed by atoms with Crippen LogP contribution in [0.3, 0.4) is 0 Å². The largest absolute Gasteiger partial charge is 0.504 e. The van der Waals surface area contributed by atoms with E-state index in [9.17, 15) is 32.7 Å². The Labute approximate surface area is 316 Å². The molecule has 0 aliphatic carbocycles. The summed E-state index contributed by atoms with van der Waals surface area (Å²) in [6.45, 7) is 3.57. The lowest BCUT2D eigenvalue weighted by Crippen LogP contribution is -2.51. The molecule has 1 aliphatic heterocycles. The number of alkyl halides is 3. The number of amides is 2. The fourth-order valence-electron chi connectivity index (χ4n) is 6.29. The molecule has 5 aromatic rings. The third kappa shape index (κ3) is 7.38. The predicted octanol–water partition coefficient (Wildman–Crippen LogP) is 4.22. The molecule has 16 nitrogen and oxygen atoms in total. The smallest absolute Gasteiger partial charge is 0.416 e. The Balaban J connectivity index is 1.42. The van der Waals surface area contributed by atoms with Gasteiger partial charge in [-0.25, -0.2) is 9.97 Å². The second kappa shape index (κ2) is 15.3. The lowest BCUT2D eigenvalue weighted by atomic mass is 10.1. The molecule has 2 aromatic carbocycles. The van der Waals surface area contributed by atoms with Crippen LogP contribution in [0, 0.1) is 6.92 Å². The molecule has 0 radical (unpaired) electrons. The number of aromatic nitrogens is 6. The van der Waals surface area contributed by atoms with Gasteiger partial charge in [0.1, 0.15) is 18.6 Å². The number of aryl methyl sites for hydroxylation is 1. The topological polar surface area (TPSA) is 179 Å². The molecule has 2 N–H and O–H groups in total. The van der Waals surface area contributed by atoms with Gasteiger partial charge in [-0.2, -0.15) is 22.7 Å². The van der Waals surface area contributed by atoms with E-state index in [1.165, 1.54) is 37.1 Å². The fraction of sp³-hybridized carbons (Fsp3) is 0.343. The SMILES string of the molecule is CCc1c(N2CCN(C(=O)c3ncnc(C)c3O)CC2)c(=O)n2nc(-c3cc(OC)c(OC)c(OC)c3)nc2n1CC(=O)Nc1ccc(C(F)(F)F)cc1Cl. The minimum atomic E-state index is -4.64. The van der Waals surface area contributed by atoms with Crippen molar-refractivity contribution in [3.63, 3.8) is 0 Å². The number of benzene rings is 2. The van der Waals surface area contributed by atoms with Gasteiger partial charge in [-0.05, 0) is 43.7 Å². The van der Waals surface area contributed by atoms with Crippen LogP contribution in [0.1, 0.15) is 34.4 Å². The highest BCUT2D eigenvalue weighted by atomic mass is 35.5. The first-order valence-electron chi connectivity index (χ1n) is 16.7. The van der Waals surface area contributed by atoms with Crippen molar-refractivity contribution in [1.29, 1.82) is 0 Å². The van der Waals surface area contributed by atoms with Crippen molar-refractivity contribution < 1.29 is 42.1 Å². The van der Waals surface area contributed by atoms with E-state index in [-0.39, 0.29) is 77.7 Å². The molecule has 6 rings (SSSR count). The van der Waals surface area contributed by atoms with Crippen molar-refractivity contribution in [2.45, 2.75) is 33.0 Å². The number of aromatic hydroxyl groups is 1. The molecule has 55 heavy (non-hydrogen) atoms. The summed E-state index contributed by atoms with van der Waals surface area (Å²) < 4.78 is 58.8. The Morgan fingerprint density at radius 1 is 1.00 bits per heavy atom. The molecule has 0 bridgehead atoms. The van der Waals surface area contributed by atoms with Crippen LogP contribution < -0.4 is 30.0 Å². The van der Waals surface area contributed by atoms with Crippen LogP contribution in [-0.2, 0) is 23.9 Å². The van der Waals surface area contributed by atoms with Gasteiger partial charge in [0.05, 0.1) is 49.0 Å². The first-order valence-corrected chi connectivity index (χ1v) is 17.1. The number of rotatable bonds is 10. The van der Waals surface area contributed by atoms with E-state index in [4.69, 9.17) is 25.8 Å². The fourth-order valence-corrected chi connectivity index (χ4v) is 6.52. The van der Waals surface area contributed by atoms with Crippen LogP contribution in [-0.4, -0.2) is 98.5 Å². The zero-order valence-corrected chi connectivity index (χ0v) is 30.9. The van der Waals surface area contributed by atoms with Crippen LogP contribution in [0.5, 0.6) is 23.0 Å². The van der Waals surface area contributed by atoms with Crippen LogP contribution >= 0.6 is 11.6 Å². The van der Waals surface area contributed by atoms with E-state index in [2.05, 4.69) is 25.4 Å². The van der Waals surface area contributed by atoms with Crippen LogP contribution in [0.15, 0.2) is 41.5 Å². The van der Waals surface area contributed by atoms with Gasteiger partial charge < -0.3 is 39.0 Å². The maximum Gasteiger partial charge on any atom is 0.416 e. The molecular formula is C35H35ClF3N9O7. The summed E-state index contributed by atoms with van der Waals surface area (Å²) in [6.07, 6.45) is -3.22. The number of hydrogen-bond acceptors (Lipinski definition) is 12. The number of carbonyl (C=O) groups excluding carboxylic acids is 2. The summed E-state index contributed by atoms with van der Waals surface area (Å²) >= 11 is 6.14. The molecule has 2 amide bonds. The second-order valence-corrected chi connectivity index (χ2v) is 12.7. The average Bonchev–Trinajstić information content (AvgIpc) is 3.62. The van der Waals surface area contributed by atoms with E-state index >= 15 is 0 Å². The molecule has 1 fully saturated rings. The number of anilines is 2. The number of halogens is 4. The van der Waals surface area contributed by atoms with E-state index in [1.54, 1.807) is 30.9 Å². The number of carbonyl (C=O) groups is 2. The molecule has 0 saturated carbocycles. The van der Waals surface area contributed by atoms with Gasteiger partial charge in [0.25, 0.3) is 11.5 Å². The molecule has 0 spiro atoms. The molecule has 290 valence electrons. The lowest BCUT2D eigenvalue weighted by Gasteiger charge is -2.36. The molecule has 4 heterocycles. The quantitative estimate of drug-likeness (QED) is 0.206. The Morgan fingerprint density at radius 2 is 1.67 bits per heavy atom. The van der Waals surface area contributed by atoms with Crippen molar-refractivity contribution >= 4 is 40.6 Å². The van der Waals surface area contributed by atoms with Crippen LogP contribution in [0.4, 0.5) is 24.5 Å². The lowest BCUT2D eigenvalue weighted by molar-refractivity contribution is -0.137. The van der Waals surface area contributed by atoms with E-state index in [1.807, 2.05) is 0 Å². The third-order valence-electron chi connectivity index (χ3n) is 9.05. The molecule has 3 aromatic heterocycles. The summed E-state index contributed by atoms with van der Waals surface area (Å²) in [5.41, 5.74) is -0.487. The number of ether oxygens (including phenoxy) is 3. The molecular weight excluding hydrogens is 751 g/mol. The van der Waals surface area contributed by atoms with Gasteiger partial charge in [0, 0.05) is 31.7 Å². The Kier molecular flexibility index (Phi) is 10.8. The second-order valence-electron chi connectivity index (χ2n) is 12.3. The maximum atomic E-state index is 14.4. The summed E-state index contributed by atoms with van der Waals surface area (Å²) in [6, 6.07) is 5.76. The van der Waals surface area contributed by atoms with Crippen molar-refractivity contribution in [2.75, 3.05) is 57.7 Å². The molecule has 20 heteroatoms. The summed E-state index contributed by atoms with van der Waals surface area (Å²) in [5, 5.41) is 17.2. The van der Waals surface area contributed by atoms with Crippen LogP contribution in [0.25, 0.3) is 17.2 Å². The molecule has 1 aliphatic rings. The normalized spacial score (nSPS) is 13.3. The molecule has 1 saturated heterocycles. The van der Waals surface area contributed by atoms with Gasteiger partial charge >= 0.3 is 6.18 Å². The number of nitrogens with zero attached hydrogens (tertiary/aromatic N) is 8. The van der Waals surface area contributed by atoms with Crippen molar-refractivity contribution in [3.8, 4) is 34.4 Å². The number of piperazine rings is 1. The van der Waals surface area contributed by atoms with Gasteiger partial charge in [0.2, 0.25) is 17.4 Å². The van der Waals surface area contributed by atoms with E-state index in [0.717, 1.165) is 16.6 Å². The Morgan fingerprint density at radius 3 is 2.25 bits per heavy atom. The summed E-state index contributed by atoms with van der Waals surface area (Å²) in [5.74, 6) is -0.526. The molecule has 0 unspecified atom stereocenters. The highest BCUT2D eigenvalue weighted by Gasteiger charge is 2.32. The molecule has 0 atom stereocenters. The predicted molar refractivity (Wildman–Crippen MR) is 193 cm³/mol. The van der Waals surface area contributed by atoms with Gasteiger partial charge in [0.15, 0.2) is 28.8 Å². The van der Waals surface area contributed by atoms with E-state index < -0.39 is 35.7 Å². The minimum Gasteiger partial charge on any atom is -0.504 e. The number of methoxy groups -OCH3 is 3. The van der Waals surface area contributed by atoms with Gasteiger partial charge in [-0.1, -0.05) is 18.5 Å². The van der Waals surface area contributed by atoms with Crippen LogP contribution in [0.2, 0.25) is 5.02 Å². The average molecular weight is 786 g/mol. The maximum absolute atomic E-state index is 14.4. The highest BCUT2D eigenvalue weighted by molar-refractivity contribution is 6.33. The van der Waals surface area contributed by atoms with Gasteiger partial charge in [-0.3, -0.25) is 14.4 Å². The zero-order valence-electron chi connectivity index (χ0n) is 30.2. The summed E-state index contributed by atoms with van der Waals surface area (Å²) in [7, 11) is 4.32. The number of fused-ring (bicyclic) bond motifs is 1. The first-order chi connectivity index (χ1) is 26.2. The highest BCUT2D eigenvalue weighted by Crippen LogP contribution is 2.41. The monoisotopic (exact) mass is 785 g/mol. The third-order valence-corrected chi connectivity index (χ3v) is 9.36. The standard InChI is InChI=1S/C35H35ClF3N9O7/c1-6-23-28(45-9-11-46(12-10-45)32(51)27-29(50)18(2)40-17-41-27)33(52)48-34(43-31(44-48)19-13-24(53-3)30(55-5)25(14-19)54-4)47(23)16-26(49)42-22-8-7-20(15-21(22)36)35(37,38)39/h7-8,13-15,17,50H,6,9-12,16H2,1-5H3,(H,42,49). The van der Waals surface area contributed by atoms with Crippen molar-refractivity contribution in [2.24, 2.45) is 0 Å². The minimum absolute atomic E-state index is 0.00793. The Hall–Kier alpha value is -6.11. The Bertz CT molecular complexity index is 2330. The van der Waals surface area contributed by atoms with E-state index in [0.29, 0.717) is 34.6 Å². The first kappa shape index (κ1) is 38.6. The summed E-state index contributed by atoms with van der Waals surface area (Å²) in [4.78, 5) is 57.1.